The highest BCUT2D eigenvalue weighted by Crippen LogP contribution is 2.36. The second-order valence-corrected chi connectivity index (χ2v) is 9.85. The largest absolute Gasteiger partial charge is 0.436 e. The molecule has 0 bridgehead atoms. The number of rotatable bonds is 3. The fraction of sp³-hybridized carbons (Fsp3) is 0. The molecule has 3 aromatic heterocycles. The molecule has 0 saturated carbocycles. The summed E-state index contributed by atoms with van der Waals surface area (Å²) in [5.74, 6) is 0. The van der Waals surface area contributed by atoms with Crippen LogP contribution >= 0.6 is 0 Å². The third kappa shape index (κ3) is 3.40. The Bertz CT molecular complexity index is 2270. The van der Waals surface area contributed by atoms with Gasteiger partial charge in [-0.1, -0.05) is 54.6 Å². The monoisotopic (exact) mass is 512 g/mol. The molecule has 0 unspecified atom stereocenters. The minimum Gasteiger partial charge on any atom is -0.436 e. The smallest absolute Gasteiger partial charge is 0.246 e. The molecule has 0 aliphatic rings. The summed E-state index contributed by atoms with van der Waals surface area (Å²) < 4.78 is 8.10. The summed E-state index contributed by atoms with van der Waals surface area (Å²) in [7, 11) is 0. The van der Waals surface area contributed by atoms with Crippen LogP contribution in [-0.4, -0.2) is 14.5 Å². The lowest BCUT2D eigenvalue weighted by atomic mass is 9.98. The van der Waals surface area contributed by atoms with Gasteiger partial charge in [0.25, 0.3) is 0 Å². The van der Waals surface area contributed by atoms with Crippen molar-refractivity contribution in [2.45, 2.75) is 0 Å². The quantitative estimate of drug-likeness (QED) is 0.237. The van der Waals surface area contributed by atoms with Crippen LogP contribution in [0.3, 0.4) is 0 Å². The van der Waals surface area contributed by atoms with Crippen LogP contribution in [0.4, 0.5) is 0 Å². The van der Waals surface area contributed by atoms with Gasteiger partial charge in [0.15, 0.2) is 0 Å². The summed E-state index contributed by atoms with van der Waals surface area (Å²) >= 11 is 0. The van der Waals surface area contributed by atoms with Crippen molar-refractivity contribution in [2.75, 3.05) is 0 Å². The molecule has 0 radical (unpaired) electrons. The molecule has 5 nitrogen and oxygen atoms in total. The molecule has 8 rings (SSSR count). The van der Waals surface area contributed by atoms with Gasteiger partial charge in [-0.15, -0.1) is 0 Å². The van der Waals surface area contributed by atoms with Crippen LogP contribution in [0.15, 0.2) is 126 Å². The van der Waals surface area contributed by atoms with Crippen molar-refractivity contribution >= 4 is 44.0 Å². The van der Waals surface area contributed by atoms with Crippen molar-refractivity contribution < 1.29 is 4.42 Å². The molecule has 0 atom stereocenters. The molecular weight excluding hydrogens is 492 g/mol. The predicted octanol–water partition coefficient (Wildman–Crippen LogP) is 8.68. The van der Waals surface area contributed by atoms with Gasteiger partial charge in [0.1, 0.15) is 11.1 Å². The van der Waals surface area contributed by atoms with Crippen LogP contribution in [0.1, 0.15) is 5.56 Å². The van der Waals surface area contributed by atoms with Gasteiger partial charge in [0.05, 0.1) is 22.7 Å². The van der Waals surface area contributed by atoms with Crippen LogP contribution in [0, 0.1) is 11.3 Å². The van der Waals surface area contributed by atoms with E-state index in [1.807, 2.05) is 42.5 Å². The molecule has 0 amide bonds. The van der Waals surface area contributed by atoms with Crippen molar-refractivity contribution in [3.8, 4) is 34.0 Å². The normalized spacial score (nSPS) is 11.5. The highest BCUT2D eigenvalue weighted by atomic mass is 16.3. The van der Waals surface area contributed by atoms with E-state index < -0.39 is 0 Å². The molecule has 0 saturated heterocycles. The van der Waals surface area contributed by atoms with Crippen molar-refractivity contribution in [1.82, 2.24) is 14.5 Å². The molecule has 3 heterocycles. The van der Waals surface area contributed by atoms with E-state index in [1.54, 1.807) is 12.4 Å². The van der Waals surface area contributed by atoms with Crippen LogP contribution in [0.25, 0.3) is 71.9 Å². The fourth-order valence-corrected chi connectivity index (χ4v) is 5.66. The van der Waals surface area contributed by atoms with E-state index in [2.05, 4.69) is 87.3 Å². The van der Waals surface area contributed by atoms with Crippen LogP contribution < -0.4 is 0 Å². The van der Waals surface area contributed by atoms with E-state index in [-0.39, 0.29) is 0 Å². The summed E-state index contributed by atoms with van der Waals surface area (Å²) in [5.41, 5.74) is 10.5. The van der Waals surface area contributed by atoms with E-state index in [4.69, 9.17) is 4.42 Å². The zero-order valence-electron chi connectivity index (χ0n) is 21.2. The third-order valence-electron chi connectivity index (χ3n) is 7.57. The fourth-order valence-electron chi connectivity index (χ4n) is 5.66. The van der Waals surface area contributed by atoms with Crippen LogP contribution in [0.2, 0.25) is 0 Å². The van der Waals surface area contributed by atoms with Gasteiger partial charge >= 0.3 is 0 Å². The number of nitriles is 1. The van der Waals surface area contributed by atoms with Gasteiger partial charge in [-0.05, 0) is 76.9 Å². The maximum Gasteiger partial charge on any atom is 0.246 e. The Morgan fingerprint density at radius 1 is 0.600 bits per heavy atom. The summed E-state index contributed by atoms with van der Waals surface area (Å²) in [4.78, 5) is 8.75. The van der Waals surface area contributed by atoms with Gasteiger partial charge in [-0.3, -0.25) is 0 Å². The summed E-state index contributed by atoms with van der Waals surface area (Å²) in [6, 6.07) is 39.9. The second kappa shape index (κ2) is 8.65. The number of furan rings is 1. The first-order chi connectivity index (χ1) is 19.8. The summed E-state index contributed by atoms with van der Waals surface area (Å²) in [6.45, 7) is 0. The lowest BCUT2D eigenvalue weighted by Gasteiger charge is -2.08. The van der Waals surface area contributed by atoms with Gasteiger partial charge in [-0.2, -0.15) is 5.26 Å². The lowest BCUT2D eigenvalue weighted by Crippen LogP contribution is -1.93. The van der Waals surface area contributed by atoms with E-state index in [0.29, 0.717) is 11.3 Å². The average Bonchev–Trinajstić information content (AvgIpc) is 3.56. The number of benzene rings is 5. The first kappa shape index (κ1) is 22.3. The first-order valence-corrected chi connectivity index (χ1v) is 13.0. The molecule has 8 aromatic rings. The zero-order valence-corrected chi connectivity index (χ0v) is 21.2. The van der Waals surface area contributed by atoms with Gasteiger partial charge in [0.2, 0.25) is 5.71 Å². The topological polar surface area (TPSA) is 67.6 Å². The third-order valence-corrected chi connectivity index (χ3v) is 7.57. The van der Waals surface area contributed by atoms with Gasteiger partial charge < -0.3 is 8.98 Å². The molecule has 5 heteroatoms. The number of hydrogen-bond donors (Lipinski definition) is 0. The number of para-hydroxylation sites is 1. The van der Waals surface area contributed by atoms with Crippen LogP contribution in [0.5, 0.6) is 0 Å². The maximum atomic E-state index is 9.58. The Morgan fingerprint density at radius 3 is 1.98 bits per heavy atom. The Morgan fingerprint density at radius 2 is 1.23 bits per heavy atom. The number of hydrogen-bond acceptors (Lipinski definition) is 4. The molecule has 0 aliphatic heterocycles. The van der Waals surface area contributed by atoms with Crippen molar-refractivity contribution in [1.29, 1.82) is 5.26 Å². The van der Waals surface area contributed by atoms with E-state index in [9.17, 15) is 5.26 Å². The van der Waals surface area contributed by atoms with Crippen molar-refractivity contribution in [3.05, 3.63) is 127 Å². The molecule has 0 aliphatic carbocycles. The highest BCUT2D eigenvalue weighted by Gasteiger charge is 2.15. The Balaban J connectivity index is 1.23. The average molecular weight is 513 g/mol. The van der Waals surface area contributed by atoms with Crippen molar-refractivity contribution in [3.63, 3.8) is 0 Å². The van der Waals surface area contributed by atoms with Crippen molar-refractivity contribution in [2.24, 2.45) is 0 Å². The molecule has 0 spiro atoms. The standard InChI is InChI=1S/C35H20N4O/c36-21-22-6-13-31-28(18-22)29-19-25(11-14-32(29)39(31)27-4-2-1-3-5-27)23-7-9-24(10-8-23)26-12-15-33-30(20-26)34-35(40-33)38-17-16-37-34/h1-20H. The minimum atomic E-state index is 0.552. The SMILES string of the molecule is N#Cc1ccc2c(c1)c1cc(-c3ccc(-c4ccc5oc6nccnc6c5c4)cc3)ccc1n2-c1ccccc1. The molecule has 5 aromatic carbocycles. The Kier molecular flexibility index (Phi) is 4.82. The van der Waals surface area contributed by atoms with E-state index in [0.717, 1.165) is 66.2 Å². The number of fused-ring (bicyclic) bond motifs is 6. The Labute approximate surface area is 229 Å². The molecule has 0 N–H and O–H groups in total. The second-order valence-electron chi connectivity index (χ2n) is 9.85. The molecule has 186 valence electrons. The van der Waals surface area contributed by atoms with Crippen LogP contribution in [-0.2, 0) is 0 Å². The number of aromatic nitrogens is 3. The minimum absolute atomic E-state index is 0.552. The molecule has 40 heavy (non-hydrogen) atoms. The first-order valence-electron chi connectivity index (χ1n) is 13.0. The Hall–Kier alpha value is -5.73. The maximum absolute atomic E-state index is 9.58. The number of nitrogens with zero attached hydrogens (tertiary/aromatic N) is 4. The zero-order chi connectivity index (χ0) is 26.6. The molecular formula is C35H20N4O. The van der Waals surface area contributed by atoms with Gasteiger partial charge in [0, 0.05) is 34.2 Å². The summed E-state index contributed by atoms with van der Waals surface area (Å²) in [6.07, 6.45) is 3.33. The predicted molar refractivity (Wildman–Crippen MR) is 159 cm³/mol. The molecule has 0 fully saturated rings. The van der Waals surface area contributed by atoms with E-state index >= 15 is 0 Å². The summed E-state index contributed by atoms with van der Waals surface area (Å²) in [5, 5.41) is 12.7. The van der Waals surface area contributed by atoms with E-state index in [1.165, 1.54) is 0 Å². The van der Waals surface area contributed by atoms with Gasteiger partial charge in [-0.25, -0.2) is 9.97 Å². The lowest BCUT2D eigenvalue weighted by molar-refractivity contribution is 0.653. The highest BCUT2D eigenvalue weighted by molar-refractivity contribution is 6.11.